The SMILES string of the molecule is CCCCCCCCCCCCCCCCCCCCCCCCCC(=O)OS(=O)(=O)OC.[NaH]. The van der Waals surface area contributed by atoms with Crippen LogP contribution in [-0.2, 0) is 23.6 Å². The molecule has 0 rings (SSSR count). The average molecular weight is 515 g/mol. The van der Waals surface area contributed by atoms with Crippen molar-refractivity contribution in [3.63, 3.8) is 0 Å². The number of rotatable bonds is 26. The maximum atomic E-state index is 11.4. The molecule has 0 saturated heterocycles. The number of unbranched alkanes of at least 4 members (excludes halogenated alkanes) is 22. The van der Waals surface area contributed by atoms with Crippen molar-refractivity contribution < 1.29 is 21.6 Å². The number of carbonyl (C=O) groups excluding carboxylic acids is 1. The minimum atomic E-state index is -4.15. The molecule has 0 aromatic carbocycles. The molecule has 0 aliphatic carbocycles. The molecule has 0 saturated carbocycles. The van der Waals surface area contributed by atoms with Crippen LogP contribution in [0.2, 0.25) is 0 Å². The Morgan fingerprint density at radius 2 is 0.794 bits per heavy atom. The van der Waals surface area contributed by atoms with Crippen LogP contribution in [0, 0.1) is 0 Å². The molecule has 0 aliphatic rings. The van der Waals surface area contributed by atoms with Gasteiger partial charge in [-0.25, -0.2) is 4.18 Å². The van der Waals surface area contributed by atoms with Gasteiger partial charge in [0, 0.05) is 6.42 Å². The number of hydrogen-bond acceptors (Lipinski definition) is 5. The van der Waals surface area contributed by atoms with E-state index in [4.69, 9.17) is 0 Å². The Morgan fingerprint density at radius 3 is 1.06 bits per heavy atom. The normalized spacial score (nSPS) is 11.4. The summed E-state index contributed by atoms with van der Waals surface area (Å²) in [6, 6.07) is 0. The van der Waals surface area contributed by atoms with Gasteiger partial charge in [-0.1, -0.05) is 148 Å². The molecule has 34 heavy (non-hydrogen) atoms. The first-order valence-electron chi connectivity index (χ1n) is 14.0. The van der Waals surface area contributed by atoms with Crippen LogP contribution >= 0.6 is 0 Å². The van der Waals surface area contributed by atoms with Gasteiger partial charge in [0.1, 0.15) is 0 Å². The first kappa shape index (κ1) is 36.5. The summed E-state index contributed by atoms with van der Waals surface area (Å²) in [5, 5.41) is 0. The molecule has 5 nitrogen and oxygen atoms in total. The van der Waals surface area contributed by atoms with Crippen LogP contribution in [0.15, 0.2) is 0 Å². The molecule has 0 fully saturated rings. The molecule has 0 amide bonds. The van der Waals surface area contributed by atoms with Crippen molar-refractivity contribution in [3.05, 3.63) is 0 Å². The molecule has 0 bridgehead atoms. The Balaban J connectivity index is 0. The van der Waals surface area contributed by atoms with Gasteiger partial charge in [0.15, 0.2) is 0 Å². The fourth-order valence-electron chi connectivity index (χ4n) is 4.24. The Hall–Kier alpha value is 0.380. The number of hydrogen-bond donors (Lipinski definition) is 0. The molecule has 0 aromatic heterocycles. The second-order valence-electron chi connectivity index (χ2n) is 9.56. The van der Waals surface area contributed by atoms with Crippen molar-refractivity contribution >= 4 is 45.9 Å². The first-order chi connectivity index (χ1) is 16.0. The van der Waals surface area contributed by atoms with Gasteiger partial charge in [-0.15, -0.1) is 0 Å². The first-order valence-corrected chi connectivity index (χ1v) is 15.4. The van der Waals surface area contributed by atoms with Gasteiger partial charge < -0.3 is 4.18 Å². The molecule has 0 radical (unpaired) electrons. The Morgan fingerprint density at radius 1 is 0.529 bits per heavy atom. The van der Waals surface area contributed by atoms with E-state index < -0.39 is 16.4 Å². The van der Waals surface area contributed by atoms with E-state index >= 15 is 0 Å². The van der Waals surface area contributed by atoms with E-state index in [1.54, 1.807) is 0 Å². The van der Waals surface area contributed by atoms with Crippen LogP contribution in [0.25, 0.3) is 0 Å². The Kier molecular flexibility index (Phi) is 30.0. The Bertz CT molecular complexity index is 525. The van der Waals surface area contributed by atoms with E-state index in [0.29, 0.717) is 6.42 Å². The molecular weight excluding hydrogens is 459 g/mol. The molecule has 7 heteroatoms. The maximum absolute atomic E-state index is 11.4. The quantitative estimate of drug-likeness (QED) is 0.0860. The van der Waals surface area contributed by atoms with E-state index in [-0.39, 0.29) is 36.0 Å². The van der Waals surface area contributed by atoms with Crippen molar-refractivity contribution in [1.29, 1.82) is 0 Å². The van der Waals surface area contributed by atoms with E-state index in [1.165, 1.54) is 128 Å². The molecule has 0 N–H and O–H groups in total. The molecule has 0 spiro atoms. The standard InChI is InChI=1S/C27H54O5S.Na.H/c1-3-4-5-6-7-8-9-10-11-12-13-14-15-16-17-18-19-20-21-22-23-24-25-26-27(28)32-33(29,30)31-2;;/h3-26H2,1-2H3;;. The topological polar surface area (TPSA) is 69.7 Å². The summed E-state index contributed by atoms with van der Waals surface area (Å²) in [6.45, 7) is 2.28. The van der Waals surface area contributed by atoms with Gasteiger partial charge >= 0.3 is 45.9 Å². The van der Waals surface area contributed by atoms with E-state index in [0.717, 1.165) is 20.0 Å². The van der Waals surface area contributed by atoms with Crippen LogP contribution in [0.3, 0.4) is 0 Å². The van der Waals surface area contributed by atoms with Crippen molar-refractivity contribution in [3.8, 4) is 0 Å². The van der Waals surface area contributed by atoms with Crippen molar-refractivity contribution in [2.75, 3.05) is 7.11 Å². The summed E-state index contributed by atoms with van der Waals surface area (Å²) < 4.78 is 30.3. The van der Waals surface area contributed by atoms with Crippen molar-refractivity contribution in [1.82, 2.24) is 0 Å². The summed E-state index contributed by atoms with van der Waals surface area (Å²) in [6.07, 6.45) is 30.6. The predicted octanol–water partition coefficient (Wildman–Crippen LogP) is 8.15. The predicted molar refractivity (Wildman–Crippen MR) is 146 cm³/mol. The van der Waals surface area contributed by atoms with E-state index in [9.17, 15) is 13.2 Å². The molecule has 0 aromatic rings. The van der Waals surface area contributed by atoms with Crippen LogP contribution in [0.5, 0.6) is 0 Å². The molecule has 0 atom stereocenters. The molecule has 0 aliphatic heterocycles. The zero-order valence-electron chi connectivity index (χ0n) is 21.9. The van der Waals surface area contributed by atoms with Crippen LogP contribution in [0.4, 0.5) is 0 Å². The van der Waals surface area contributed by atoms with Gasteiger partial charge in [0.05, 0.1) is 7.11 Å². The molecular formula is C27H55NaO5S. The minimum absolute atomic E-state index is 0. The van der Waals surface area contributed by atoms with Crippen LogP contribution in [-0.4, -0.2) is 51.1 Å². The number of carbonyl (C=O) groups is 1. The van der Waals surface area contributed by atoms with E-state index in [1.807, 2.05) is 0 Å². The molecule has 0 unspecified atom stereocenters. The molecule has 200 valence electrons. The Labute approximate surface area is 234 Å². The zero-order valence-corrected chi connectivity index (χ0v) is 22.7. The van der Waals surface area contributed by atoms with Crippen molar-refractivity contribution in [2.45, 2.75) is 161 Å². The monoisotopic (exact) mass is 514 g/mol. The average Bonchev–Trinajstić information content (AvgIpc) is 2.79. The van der Waals surface area contributed by atoms with Gasteiger partial charge in [-0.3, -0.25) is 4.79 Å². The second-order valence-corrected chi connectivity index (χ2v) is 10.9. The van der Waals surface area contributed by atoms with Gasteiger partial charge in [-0.2, -0.15) is 8.42 Å². The summed E-state index contributed by atoms with van der Waals surface area (Å²) >= 11 is 0. The van der Waals surface area contributed by atoms with Crippen LogP contribution < -0.4 is 0 Å². The van der Waals surface area contributed by atoms with Crippen molar-refractivity contribution in [2.24, 2.45) is 0 Å². The third-order valence-electron chi connectivity index (χ3n) is 6.38. The third kappa shape index (κ3) is 28.6. The van der Waals surface area contributed by atoms with Gasteiger partial charge in [-0.05, 0) is 6.42 Å². The summed E-state index contributed by atoms with van der Waals surface area (Å²) in [5.41, 5.74) is 0. The second kappa shape index (κ2) is 28.0. The third-order valence-corrected chi connectivity index (χ3v) is 7.18. The van der Waals surface area contributed by atoms with Crippen LogP contribution in [0.1, 0.15) is 161 Å². The summed E-state index contributed by atoms with van der Waals surface area (Å²) in [4.78, 5) is 11.4. The summed E-state index contributed by atoms with van der Waals surface area (Å²) in [5.74, 6) is -0.736. The zero-order chi connectivity index (χ0) is 24.5. The van der Waals surface area contributed by atoms with Gasteiger partial charge in [0.25, 0.3) is 0 Å². The fraction of sp³-hybridized carbons (Fsp3) is 0.963. The molecule has 0 heterocycles. The van der Waals surface area contributed by atoms with E-state index in [2.05, 4.69) is 15.3 Å². The van der Waals surface area contributed by atoms with Gasteiger partial charge in [0.2, 0.25) is 0 Å². The summed E-state index contributed by atoms with van der Waals surface area (Å²) in [7, 11) is -3.17. The fourth-order valence-corrected chi connectivity index (χ4v) is 4.62.